The molecule has 166 valence electrons. The number of likely N-dealkylation sites (N-methyl/N-ethyl adjacent to an activating group) is 1. The largest absolute Gasteiger partial charge is 0.418 e. The quantitative estimate of drug-likeness (QED) is 0.586. The van der Waals surface area contributed by atoms with Crippen LogP contribution in [-0.4, -0.2) is 33.7 Å². The van der Waals surface area contributed by atoms with Crippen molar-refractivity contribution in [2.45, 2.75) is 32.5 Å². The average Bonchev–Trinajstić information content (AvgIpc) is 3.06. The predicted octanol–water partition coefficient (Wildman–Crippen LogP) is 4.45. The minimum Gasteiger partial charge on any atom is -0.356 e. The molecule has 2 N–H and O–H groups in total. The normalized spacial score (nSPS) is 14.0. The van der Waals surface area contributed by atoms with E-state index in [0.29, 0.717) is 35.3 Å². The Hall–Kier alpha value is -3.62. The molecule has 4 rings (SSSR count). The lowest BCUT2D eigenvalue weighted by atomic mass is 10.0. The van der Waals surface area contributed by atoms with Crippen molar-refractivity contribution in [3.63, 3.8) is 0 Å². The van der Waals surface area contributed by atoms with Crippen molar-refractivity contribution in [3.05, 3.63) is 64.5 Å². The minimum atomic E-state index is -4.47. The molecule has 6 nitrogen and oxygen atoms in total. The third-order valence-electron chi connectivity index (χ3n) is 5.56. The van der Waals surface area contributed by atoms with Gasteiger partial charge in [0.1, 0.15) is 5.82 Å². The number of rotatable bonds is 4. The van der Waals surface area contributed by atoms with Gasteiger partial charge in [0.2, 0.25) is 11.8 Å². The highest BCUT2D eigenvalue weighted by molar-refractivity contribution is 5.94. The monoisotopic (exact) mass is 442 g/mol. The highest BCUT2D eigenvalue weighted by Crippen LogP contribution is 2.36. The van der Waals surface area contributed by atoms with Crippen molar-refractivity contribution >= 4 is 34.6 Å². The molecule has 0 fully saturated rings. The Kier molecular flexibility index (Phi) is 5.50. The second kappa shape index (κ2) is 8.14. The number of carbonyl (C=O) groups excluding carboxylic acids is 2. The van der Waals surface area contributed by atoms with Crippen LogP contribution in [0.3, 0.4) is 0 Å². The van der Waals surface area contributed by atoms with E-state index in [0.717, 1.165) is 17.2 Å². The second-order valence-corrected chi connectivity index (χ2v) is 7.81. The SMILES string of the molecule is Cc1c(CN(C)C(=O)/C=C/c2cnc3c(c2)CCC(=O)N3)[nH]c2c(C(F)(F)F)cccc12. The molecule has 3 aromatic rings. The first-order valence-electron chi connectivity index (χ1n) is 10.0. The Morgan fingerprint density at radius 3 is 2.81 bits per heavy atom. The third kappa shape index (κ3) is 4.23. The van der Waals surface area contributed by atoms with Crippen LogP contribution in [-0.2, 0) is 28.7 Å². The van der Waals surface area contributed by atoms with Gasteiger partial charge in [0.25, 0.3) is 0 Å². The number of hydrogen-bond donors (Lipinski definition) is 2. The Bertz CT molecular complexity index is 1240. The van der Waals surface area contributed by atoms with Gasteiger partial charge in [-0.1, -0.05) is 12.1 Å². The van der Waals surface area contributed by atoms with E-state index in [1.165, 1.54) is 17.0 Å². The first-order valence-corrected chi connectivity index (χ1v) is 10.0. The Labute approximate surface area is 182 Å². The van der Waals surface area contributed by atoms with Crippen molar-refractivity contribution in [1.29, 1.82) is 0 Å². The van der Waals surface area contributed by atoms with Crippen LogP contribution in [0.5, 0.6) is 0 Å². The standard InChI is InChI=1S/C23H21F3N4O2/c1-13-16-4-3-5-17(23(24,25)26)21(16)28-18(13)12-30(2)20(32)9-6-14-10-15-7-8-19(31)29-22(15)27-11-14/h3-6,9-11,28H,7-8,12H2,1-2H3,(H,27,29,31)/b9-6+. The molecule has 0 spiro atoms. The van der Waals surface area contributed by atoms with Crippen LogP contribution >= 0.6 is 0 Å². The topological polar surface area (TPSA) is 78.1 Å². The number of pyridine rings is 1. The van der Waals surface area contributed by atoms with Crippen molar-refractivity contribution < 1.29 is 22.8 Å². The van der Waals surface area contributed by atoms with E-state index in [2.05, 4.69) is 15.3 Å². The predicted molar refractivity (Wildman–Crippen MR) is 115 cm³/mol. The fraction of sp³-hybridized carbons (Fsp3) is 0.261. The summed E-state index contributed by atoms with van der Waals surface area (Å²) < 4.78 is 39.9. The molecule has 0 radical (unpaired) electrons. The zero-order valence-corrected chi connectivity index (χ0v) is 17.5. The van der Waals surface area contributed by atoms with E-state index >= 15 is 0 Å². The Balaban J connectivity index is 1.50. The molecule has 9 heteroatoms. The number of halogens is 3. The van der Waals surface area contributed by atoms with Crippen molar-refractivity contribution in [2.75, 3.05) is 12.4 Å². The highest BCUT2D eigenvalue weighted by atomic mass is 19.4. The summed E-state index contributed by atoms with van der Waals surface area (Å²) in [5, 5.41) is 3.19. The number of aromatic nitrogens is 2. The number of H-pyrrole nitrogens is 1. The van der Waals surface area contributed by atoms with E-state index in [4.69, 9.17) is 0 Å². The number of nitrogens with zero attached hydrogens (tertiary/aromatic N) is 2. The lowest BCUT2D eigenvalue weighted by molar-refractivity contribution is -0.136. The van der Waals surface area contributed by atoms with Crippen LogP contribution in [0, 0.1) is 6.92 Å². The molecule has 3 heterocycles. The van der Waals surface area contributed by atoms with Gasteiger partial charge in [0.15, 0.2) is 0 Å². The van der Waals surface area contributed by atoms with E-state index in [1.54, 1.807) is 32.3 Å². The maximum atomic E-state index is 13.3. The number of anilines is 1. The lowest BCUT2D eigenvalue weighted by Gasteiger charge is -2.16. The number of nitrogens with one attached hydrogen (secondary N) is 2. The van der Waals surface area contributed by atoms with Gasteiger partial charge in [-0.3, -0.25) is 9.59 Å². The number of carbonyl (C=O) groups is 2. The summed E-state index contributed by atoms with van der Waals surface area (Å²) >= 11 is 0. The number of aromatic amines is 1. The van der Waals surface area contributed by atoms with E-state index < -0.39 is 11.7 Å². The number of benzene rings is 1. The molecule has 2 amide bonds. The zero-order valence-electron chi connectivity index (χ0n) is 17.5. The first-order chi connectivity index (χ1) is 15.1. The van der Waals surface area contributed by atoms with Crippen LogP contribution in [0.2, 0.25) is 0 Å². The molecular weight excluding hydrogens is 421 g/mol. The molecule has 0 saturated carbocycles. The molecule has 2 aromatic heterocycles. The minimum absolute atomic E-state index is 0.0242. The van der Waals surface area contributed by atoms with Crippen LogP contribution in [0.25, 0.3) is 17.0 Å². The summed E-state index contributed by atoms with van der Waals surface area (Å²) in [5.41, 5.74) is 2.15. The smallest absolute Gasteiger partial charge is 0.356 e. The summed E-state index contributed by atoms with van der Waals surface area (Å²) in [4.78, 5) is 32.5. The molecule has 0 bridgehead atoms. The van der Waals surface area contributed by atoms with Gasteiger partial charge in [0, 0.05) is 36.8 Å². The molecule has 0 atom stereocenters. The summed E-state index contributed by atoms with van der Waals surface area (Å²) in [5.74, 6) is 0.166. The fourth-order valence-corrected chi connectivity index (χ4v) is 3.78. The number of aryl methyl sites for hydroxylation is 2. The van der Waals surface area contributed by atoms with Gasteiger partial charge in [-0.05, 0) is 48.2 Å². The Morgan fingerprint density at radius 1 is 1.28 bits per heavy atom. The highest BCUT2D eigenvalue weighted by Gasteiger charge is 2.33. The van der Waals surface area contributed by atoms with E-state index in [9.17, 15) is 22.8 Å². The molecule has 0 aliphatic carbocycles. The van der Waals surface area contributed by atoms with Gasteiger partial charge in [-0.25, -0.2) is 4.98 Å². The van der Waals surface area contributed by atoms with Gasteiger partial charge in [-0.2, -0.15) is 13.2 Å². The number of alkyl halides is 3. The maximum absolute atomic E-state index is 13.3. The van der Waals surface area contributed by atoms with Crippen LogP contribution < -0.4 is 5.32 Å². The van der Waals surface area contributed by atoms with Crippen LogP contribution in [0.4, 0.5) is 19.0 Å². The third-order valence-corrected chi connectivity index (χ3v) is 5.56. The molecule has 1 aliphatic heterocycles. The van der Waals surface area contributed by atoms with Crippen molar-refractivity contribution in [2.24, 2.45) is 0 Å². The molecule has 0 unspecified atom stereocenters. The fourth-order valence-electron chi connectivity index (χ4n) is 3.78. The second-order valence-electron chi connectivity index (χ2n) is 7.81. The average molecular weight is 442 g/mol. The first kappa shape index (κ1) is 21.6. The molecular formula is C23H21F3N4O2. The number of hydrogen-bond acceptors (Lipinski definition) is 3. The van der Waals surface area contributed by atoms with E-state index in [1.807, 2.05) is 6.07 Å². The number of para-hydroxylation sites is 1. The van der Waals surface area contributed by atoms with Gasteiger partial charge < -0.3 is 15.2 Å². The number of amides is 2. The van der Waals surface area contributed by atoms with Crippen molar-refractivity contribution in [3.8, 4) is 0 Å². The Morgan fingerprint density at radius 2 is 2.06 bits per heavy atom. The zero-order chi connectivity index (χ0) is 23.0. The number of fused-ring (bicyclic) bond motifs is 2. The molecule has 0 saturated heterocycles. The van der Waals surface area contributed by atoms with E-state index in [-0.39, 0.29) is 23.9 Å². The summed E-state index contributed by atoms with van der Waals surface area (Å²) in [6, 6.07) is 5.92. The molecule has 1 aliphatic rings. The van der Waals surface area contributed by atoms with Gasteiger partial charge in [0.05, 0.1) is 17.6 Å². The van der Waals surface area contributed by atoms with Gasteiger partial charge >= 0.3 is 6.18 Å². The van der Waals surface area contributed by atoms with Gasteiger partial charge in [-0.15, -0.1) is 0 Å². The van der Waals surface area contributed by atoms with Crippen LogP contribution in [0.1, 0.15) is 34.4 Å². The van der Waals surface area contributed by atoms with Crippen molar-refractivity contribution in [1.82, 2.24) is 14.9 Å². The summed E-state index contributed by atoms with van der Waals surface area (Å²) in [6.07, 6.45) is 1.10. The molecule has 32 heavy (non-hydrogen) atoms. The summed E-state index contributed by atoms with van der Waals surface area (Å²) in [7, 11) is 1.59. The van der Waals surface area contributed by atoms with Crippen LogP contribution in [0.15, 0.2) is 36.5 Å². The lowest BCUT2D eigenvalue weighted by Crippen LogP contribution is -2.24. The summed E-state index contributed by atoms with van der Waals surface area (Å²) in [6.45, 7) is 1.87. The maximum Gasteiger partial charge on any atom is 0.418 e. The molecule has 1 aromatic carbocycles.